The van der Waals surface area contributed by atoms with E-state index in [-0.39, 0.29) is 11.5 Å². The number of nitrogens with one attached hydrogen (secondary N) is 1. The van der Waals surface area contributed by atoms with E-state index in [1.807, 2.05) is 0 Å². The van der Waals surface area contributed by atoms with Crippen molar-refractivity contribution in [1.29, 1.82) is 0 Å². The monoisotopic (exact) mass is 509 g/mol. The van der Waals surface area contributed by atoms with Crippen molar-refractivity contribution >= 4 is 50.9 Å². The lowest BCUT2D eigenvalue weighted by Gasteiger charge is -2.10. The van der Waals surface area contributed by atoms with Crippen LogP contribution in [0.15, 0.2) is 34.9 Å². The molecule has 0 atom stereocenters. The van der Waals surface area contributed by atoms with Gasteiger partial charge in [0.15, 0.2) is 5.82 Å². The Morgan fingerprint density at radius 3 is 2.59 bits per heavy atom. The molecule has 1 amide bonds. The normalized spacial score (nSPS) is 11.7. The van der Waals surface area contributed by atoms with Crippen LogP contribution in [0.3, 0.4) is 0 Å². The molecule has 2 heterocycles. The SMILES string of the molecule is Cc1cc(C(F)(F)F)n(CC(=O)Nc2nn(Cc3ccc(Cl)c(Cl)c3)cc2Br)n1. The minimum Gasteiger partial charge on any atom is -0.307 e. The van der Waals surface area contributed by atoms with Gasteiger partial charge in [-0.1, -0.05) is 29.3 Å². The van der Waals surface area contributed by atoms with E-state index in [1.165, 1.54) is 6.92 Å². The van der Waals surface area contributed by atoms with Gasteiger partial charge in [0.2, 0.25) is 5.91 Å². The predicted octanol–water partition coefficient (Wildman–Crippen LogP) is 5.16. The molecule has 1 aromatic carbocycles. The van der Waals surface area contributed by atoms with Crippen LogP contribution in [0.2, 0.25) is 10.0 Å². The Morgan fingerprint density at radius 1 is 1.21 bits per heavy atom. The molecule has 0 aliphatic heterocycles. The molecular formula is C17H13BrCl2F3N5O. The molecular weight excluding hydrogens is 498 g/mol. The average Bonchev–Trinajstić information content (AvgIpc) is 3.13. The number of amides is 1. The van der Waals surface area contributed by atoms with Gasteiger partial charge >= 0.3 is 6.18 Å². The highest BCUT2D eigenvalue weighted by Crippen LogP contribution is 2.30. The molecule has 0 aliphatic carbocycles. The Bertz CT molecular complexity index is 1060. The molecule has 0 bridgehead atoms. The highest BCUT2D eigenvalue weighted by molar-refractivity contribution is 9.10. The molecule has 3 rings (SSSR count). The molecule has 12 heteroatoms. The van der Waals surface area contributed by atoms with Crippen LogP contribution in [0.4, 0.5) is 19.0 Å². The lowest BCUT2D eigenvalue weighted by atomic mass is 10.2. The fourth-order valence-electron chi connectivity index (χ4n) is 2.59. The summed E-state index contributed by atoms with van der Waals surface area (Å²) < 4.78 is 41.7. The Morgan fingerprint density at radius 2 is 1.93 bits per heavy atom. The molecule has 0 aliphatic rings. The van der Waals surface area contributed by atoms with Crippen LogP contribution in [0.5, 0.6) is 0 Å². The van der Waals surface area contributed by atoms with Crippen molar-refractivity contribution in [1.82, 2.24) is 19.6 Å². The average molecular weight is 511 g/mol. The van der Waals surface area contributed by atoms with E-state index in [0.717, 1.165) is 11.6 Å². The summed E-state index contributed by atoms with van der Waals surface area (Å²) in [6.07, 6.45) is -2.99. The minimum absolute atomic E-state index is 0.164. The quantitative estimate of drug-likeness (QED) is 0.515. The number of carbonyl (C=O) groups is 1. The van der Waals surface area contributed by atoms with Gasteiger partial charge in [0.25, 0.3) is 0 Å². The van der Waals surface area contributed by atoms with Crippen molar-refractivity contribution in [2.75, 3.05) is 5.32 Å². The van der Waals surface area contributed by atoms with Crippen molar-refractivity contribution in [2.45, 2.75) is 26.2 Å². The second-order valence-corrected chi connectivity index (χ2v) is 7.81. The van der Waals surface area contributed by atoms with Crippen LogP contribution >= 0.6 is 39.1 Å². The Kier molecular flexibility index (Phi) is 6.25. The maximum Gasteiger partial charge on any atom is 0.433 e. The summed E-state index contributed by atoms with van der Waals surface area (Å²) in [5.41, 5.74) is 0.000632. The first-order valence-corrected chi connectivity index (χ1v) is 9.66. The molecule has 0 fully saturated rings. The van der Waals surface area contributed by atoms with Gasteiger partial charge in [0.1, 0.15) is 12.2 Å². The van der Waals surface area contributed by atoms with Crippen LogP contribution in [0, 0.1) is 6.92 Å². The number of hydrogen-bond donors (Lipinski definition) is 1. The zero-order valence-corrected chi connectivity index (χ0v) is 17.9. The summed E-state index contributed by atoms with van der Waals surface area (Å²) in [4.78, 5) is 12.2. The van der Waals surface area contributed by atoms with E-state index in [1.54, 1.807) is 29.1 Å². The number of anilines is 1. The standard InChI is InChI=1S/C17H13BrCl2F3N5O/c1-9-4-14(17(21,22)23)28(25-9)8-15(29)24-16-11(18)7-27(26-16)6-10-2-3-12(19)13(20)5-10/h2-5,7H,6,8H2,1H3,(H,24,26,29). The number of aryl methyl sites for hydroxylation is 1. The molecule has 0 spiro atoms. The molecule has 0 unspecified atom stereocenters. The van der Waals surface area contributed by atoms with Gasteiger partial charge < -0.3 is 5.32 Å². The number of hydrogen-bond acceptors (Lipinski definition) is 3. The summed E-state index contributed by atoms with van der Waals surface area (Å²) in [5, 5.41) is 11.3. The van der Waals surface area contributed by atoms with Crippen LogP contribution < -0.4 is 5.32 Å². The van der Waals surface area contributed by atoms with Crippen LogP contribution in [0.25, 0.3) is 0 Å². The number of carbonyl (C=O) groups excluding carboxylic acids is 1. The van der Waals surface area contributed by atoms with Gasteiger partial charge in [0, 0.05) is 6.20 Å². The van der Waals surface area contributed by atoms with Crippen molar-refractivity contribution < 1.29 is 18.0 Å². The van der Waals surface area contributed by atoms with E-state index in [2.05, 4.69) is 31.4 Å². The number of aromatic nitrogens is 4. The summed E-state index contributed by atoms with van der Waals surface area (Å²) in [6, 6.07) is 6.01. The van der Waals surface area contributed by atoms with Gasteiger partial charge in [-0.25, -0.2) is 0 Å². The Balaban J connectivity index is 1.71. The molecule has 1 N–H and O–H groups in total. The lowest BCUT2D eigenvalue weighted by molar-refractivity contribution is -0.144. The fourth-order valence-corrected chi connectivity index (χ4v) is 3.33. The number of halogens is 6. The number of alkyl halides is 3. The van der Waals surface area contributed by atoms with Crippen molar-refractivity contribution in [3.8, 4) is 0 Å². The van der Waals surface area contributed by atoms with E-state index < -0.39 is 24.3 Å². The first-order chi connectivity index (χ1) is 13.5. The summed E-state index contributed by atoms with van der Waals surface area (Å²) >= 11 is 15.2. The molecule has 0 radical (unpaired) electrons. The van der Waals surface area contributed by atoms with Gasteiger partial charge in [0.05, 0.1) is 26.8 Å². The molecule has 154 valence electrons. The highest BCUT2D eigenvalue weighted by Gasteiger charge is 2.35. The third-order valence-corrected chi connectivity index (χ3v) is 5.11. The maximum atomic E-state index is 13.0. The third-order valence-electron chi connectivity index (χ3n) is 3.79. The van der Waals surface area contributed by atoms with E-state index in [4.69, 9.17) is 23.2 Å². The largest absolute Gasteiger partial charge is 0.433 e. The summed E-state index contributed by atoms with van der Waals surface area (Å²) in [6.45, 7) is 1.17. The number of rotatable bonds is 5. The zero-order valence-electron chi connectivity index (χ0n) is 14.8. The van der Waals surface area contributed by atoms with E-state index >= 15 is 0 Å². The third kappa shape index (κ3) is 5.31. The molecule has 2 aromatic heterocycles. The first-order valence-electron chi connectivity index (χ1n) is 8.11. The van der Waals surface area contributed by atoms with Crippen molar-refractivity contribution in [2.24, 2.45) is 0 Å². The molecule has 29 heavy (non-hydrogen) atoms. The number of benzene rings is 1. The van der Waals surface area contributed by atoms with Crippen molar-refractivity contribution in [3.05, 3.63) is 61.9 Å². The minimum atomic E-state index is -4.61. The van der Waals surface area contributed by atoms with Gasteiger partial charge in [-0.3, -0.25) is 14.2 Å². The van der Waals surface area contributed by atoms with Gasteiger partial charge in [-0.15, -0.1) is 0 Å². The summed E-state index contributed by atoms with van der Waals surface area (Å²) in [7, 11) is 0. The van der Waals surface area contributed by atoms with Crippen LogP contribution in [0.1, 0.15) is 17.0 Å². The molecule has 0 saturated heterocycles. The second kappa shape index (κ2) is 8.37. The summed E-state index contributed by atoms with van der Waals surface area (Å²) in [5.74, 6) is -0.522. The van der Waals surface area contributed by atoms with E-state index in [0.29, 0.717) is 25.7 Å². The molecule has 3 aromatic rings. The van der Waals surface area contributed by atoms with Gasteiger partial charge in [-0.2, -0.15) is 23.4 Å². The molecule has 6 nitrogen and oxygen atoms in total. The first kappa shape index (κ1) is 21.7. The maximum absolute atomic E-state index is 13.0. The highest BCUT2D eigenvalue weighted by atomic mass is 79.9. The number of nitrogens with zero attached hydrogens (tertiary/aromatic N) is 4. The second-order valence-electron chi connectivity index (χ2n) is 6.15. The molecule has 0 saturated carbocycles. The van der Waals surface area contributed by atoms with Crippen molar-refractivity contribution in [3.63, 3.8) is 0 Å². The zero-order chi connectivity index (χ0) is 21.3. The topological polar surface area (TPSA) is 64.7 Å². The van der Waals surface area contributed by atoms with Crippen LogP contribution in [-0.4, -0.2) is 25.5 Å². The van der Waals surface area contributed by atoms with Crippen LogP contribution in [-0.2, 0) is 24.1 Å². The Hall–Kier alpha value is -2.04. The lowest BCUT2D eigenvalue weighted by Crippen LogP contribution is -2.24. The smallest absolute Gasteiger partial charge is 0.307 e. The Labute approximate surface area is 181 Å². The fraction of sp³-hybridized carbons (Fsp3) is 0.235. The predicted molar refractivity (Wildman–Crippen MR) is 106 cm³/mol. The van der Waals surface area contributed by atoms with Gasteiger partial charge in [-0.05, 0) is 46.6 Å². The van der Waals surface area contributed by atoms with E-state index in [9.17, 15) is 18.0 Å².